The number of hydrogen-bond donors (Lipinski definition) is 0. The first-order chi connectivity index (χ1) is 5.20. The fourth-order valence-corrected chi connectivity index (χ4v) is 0.269. The number of rotatable bonds is 2. The minimum absolute atomic E-state index is 0.485. The van der Waals surface area contributed by atoms with Gasteiger partial charge in [-0.2, -0.15) is 0 Å². The molecular formula is C2H4BO6P2. The Kier molecular flexibility index (Phi) is 5.89. The van der Waals surface area contributed by atoms with Crippen molar-refractivity contribution in [1.82, 2.24) is 0 Å². The van der Waals surface area contributed by atoms with E-state index in [1.807, 2.05) is 0 Å². The molecule has 0 aliphatic heterocycles. The summed E-state index contributed by atoms with van der Waals surface area (Å²) in [4.78, 5) is 20.3. The van der Waals surface area contributed by atoms with Crippen molar-refractivity contribution in [2.45, 2.75) is 0 Å². The summed E-state index contributed by atoms with van der Waals surface area (Å²) in [6.45, 7) is 0. The third-order valence-corrected chi connectivity index (χ3v) is 0.866. The molecule has 11 heavy (non-hydrogen) atoms. The third kappa shape index (κ3) is 5.89. The summed E-state index contributed by atoms with van der Waals surface area (Å²) in [5.41, 5.74) is 0. The van der Waals surface area contributed by atoms with E-state index >= 15 is 0 Å². The Morgan fingerprint density at radius 1 is 1.00 bits per heavy atom. The molecule has 0 saturated heterocycles. The van der Waals surface area contributed by atoms with E-state index in [4.69, 9.17) is 0 Å². The van der Waals surface area contributed by atoms with Crippen LogP contribution in [0.4, 0.5) is 9.59 Å². The number of hydrogen-bond acceptors (Lipinski definition) is 6. The molecule has 0 aliphatic carbocycles. The van der Waals surface area contributed by atoms with Crippen LogP contribution in [0.3, 0.4) is 0 Å². The van der Waals surface area contributed by atoms with Crippen molar-refractivity contribution >= 4 is 38.9 Å². The standard InChI is InChI=1S/C2H4BO6P2/c4-1(8-10)6-3-7-2(5)9-11/h10-11H2. The normalized spacial score (nSPS) is 7.82. The molecular weight excluding hydrogens is 193 g/mol. The second-order valence-corrected chi connectivity index (χ2v) is 1.54. The van der Waals surface area contributed by atoms with Crippen molar-refractivity contribution in [2.75, 3.05) is 0 Å². The van der Waals surface area contributed by atoms with E-state index in [0.717, 1.165) is 0 Å². The lowest BCUT2D eigenvalue weighted by Gasteiger charge is -1.99. The van der Waals surface area contributed by atoms with Gasteiger partial charge in [0, 0.05) is 0 Å². The molecule has 61 valence electrons. The molecule has 0 aromatic rings. The summed E-state index contributed by atoms with van der Waals surface area (Å²) in [5, 5.41) is 0. The molecule has 6 nitrogen and oxygen atoms in total. The van der Waals surface area contributed by atoms with Gasteiger partial charge in [0.1, 0.15) is 0 Å². The number of carbonyl (C=O) groups excluding carboxylic acids is 2. The summed E-state index contributed by atoms with van der Waals surface area (Å²) in [5.74, 6) is 0. The van der Waals surface area contributed by atoms with Gasteiger partial charge >= 0.3 is 20.0 Å². The van der Waals surface area contributed by atoms with Gasteiger partial charge in [-0.25, -0.2) is 9.59 Å². The highest BCUT2D eigenvalue weighted by Crippen LogP contribution is 1.93. The highest BCUT2D eigenvalue weighted by Gasteiger charge is 2.09. The zero-order chi connectivity index (χ0) is 8.69. The summed E-state index contributed by atoms with van der Waals surface area (Å²) in [6, 6.07) is 0. The zero-order valence-corrected chi connectivity index (χ0v) is 7.49. The van der Waals surface area contributed by atoms with Crippen LogP contribution in [0.15, 0.2) is 0 Å². The van der Waals surface area contributed by atoms with E-state index in [0.29, 0.717) is 7.69 Å². The first-order valence-corrected chi connectivity index (χ1v) is 3.11. The van der Waals surface area contributed by atoms with Crippen molar-refractivity contribution in [3.8, 4) is 0 Å². The maximum absolute atomic E-state index is 10.1. The molecule has 0 bridgehead atoms. The third-order valence-electron chi connectivity index (χ3n) is 0.481. The highest BCUT2D eigenvalue weighted by molar-refractivity contribution is 7.11. The van der Waals surface area contributed by atoms with Gasteiger partial charge in [-0.3, -0.25) is 0 Å². The van der Waals surface area contributed by atoms with E-state index in [9.17, 15) is 9.59 Å². The summed E-state index contributed by atoms with van der Waals surface area (Å²) < 4.78 is 16.0. The molecule has 2 unspecified atom stereocenters. The van der Waals surface area contributed by atoms with Crippen molar-refractivity contribution < 1.29 is 27.9 Å². The zero-order valence-electron chi connectivity index (χ0n) is 5.18. The van der Waals surface area contributed by atoms with Gasteiger partial charge < -0.3 is 18.4 Å². The lowest BCUT2D eigenvalue weighted by molar-refractivity contribution is 0.136. The maximum atomic E-state index is 10.1. The molecule has 0 spiro atoms. The highest BCUT2D eigenvalue weighted by atomic mass is 31.0. The van der Waals surface area contributed by atoms with Crippen molar-refractivity contribution in [3.63, 3.8) is 0 Å². The van der Waals surface area contributed by atoms with E-state index in [1.165, 1.54) is 0 Å². The molecule has 0 rings (SSSR count). The van der Waals surface area contributed by atoms with Crippen molar-refractivity contribution in [2.24, 2.45) is 0 Å². The first kappa shape index (κ1) is 10.5. The fourth-order valence-electron chi connectivity index (χ4n) is 0.158. The average molecular weight is 197 g/mol. The van der Waals surface area contributed by atoms with Crippen LogP contribution in [0.2, 0.25) is 0 Å². The van der Waals surface area contributed by atoms with E-state index in [-0.39, 0.29) is 0 Å². The van der Waals surface area contributed by atoms with Crippen LogP contribution in [0.25, 0.3) is 0 Å². The minimum Gasteiger partial charge on any atom is -0.467 e. The quantitative estimate of drug-likeness (QED) is 0.471. The first-order valence-electron chi connectivity index (χ1n) is 2.17. The molecule has 0 aliphatic rings. The Morgan fingerprint density at radius 3 is 1.64 bits per heavy atom. The molecule has 0 saturated carbocycles. The van der Waals surface area contributed by atoms with Gasteiger partial charge in [0.2, 0.25) is 0 Å². The lowest BCUT2D eigenvalue weighted by Crippen LogP contribution is -2.13. The molecule has 0 heterocycles. The Bertz CT molecular complexity index is 134. The molecule has 2 atom stereocenters. The van der Waals surface area contributed by atoms with Gasteiger partial charge in [0.25, 0.3) is 0 Å². The topological polar surface area (TPSA) is 71.1 Å². The van der Waals surface area contributed by atoms with Crippen LogP contribution < -0.4 is 0 Å². The van der Waals surface area contributed by atoms with Crippen LogP contribution in [0.1, 0.15) is 0 Å². The predicted molar refractivity (Wildman–Crippen MR) is 40.3 cm³/mol. The van der Waals surface area contributed by atoms with Crippen molar-refractivity contribution in [3.05, 3.63) is 0 Å². The Labute approximate surface area is 67.8 Å². The molecule has 0 aromatic carbocycles. The van der Waals surface area contributed by atoms with Crippen LogP contribution in [0.5, 0.6) is 0 Å². The monoisotopic (exact) mass is 197 g/mol. The molecule has 0 amide bonds. The predicted octanol–water partition coefficient (Wildman–Crippen LogP) is 0.407. The van der Waals surface area contributed by atoms with E-state index < -0.39 is 12.3 Å². The molecule has 0 fully saturated rings. The van der Waals surface area contributed by atoms with Crippen LogP contribution >= 0.6 is 18.9 Å². The number of carbonyl (C=O) groups is 2. The largest absolute Gasteiger partial charge is 0.667 e. The van der Waals surface area contributed by atoms with E-state index in [1.54, 1.807) is 18.9 Å². The molecule has 0 aromatic heterocycles. The van der Waals surface area contributed by atoms with Gasteiger partial charge in [0.15, 0.2) is 0 Å². The summed E-state index contributed by atoms with van der Waals surface area (Å²) in [7, 11) is 3.79. The van der Waals surface area contributed by atoms with Crippen LogP contribution in [-0.4, -0.2) is 20.0 Å². The van der Waals surface area contributed by atoms with E-state index in [2.05, 4.69) is 18.4 Å². The Morgan fingerprint density at radius 2 is 1.36 bits per heavy atom. The second kappa shape index (κ2) is 6.19. The average Bonchev–Trinajstić information content (AvgIpc) is 2.04. The summed E-state index contributed by atoms with van der Waals surface area (Å²) in [6.07, 6.45) is -2.04. The fraction of sp³-hybridized carbons (Fsp3) is 0. The lowest BCUT2D eigenvalue weighted by atomic mass is 10.4. The van der Waals surface area contributed by atoms with Gasteiger partial charge in [-0.1, -0.05) is 0 Å². The molecule has 9 heteroatoms. The van der Waals surface area contributed by atoms with Gasteiger partial charge in [0.05, 0.1) is 18.9 Å². The van der Waals surface area contributed by atoms with Crippen LogP contribution in [0, 0.1) is 0 Å². The molecule has 0 N–H and O–H groups in total. The smallest absolute Gasteiger partial charge is 0.467 e. The second-order valence-electron chi connectivity index (χ2n) is 1.07. The maximum Gasteiger partial charge on any atom is 0.667 e. The van der Waals surface area contributed by atoms with Crippen molar-refractivity contribution in [1.29, 1.82) is 0 Å². The van der Waals surface area contributed by atoms with Gasteiger partial charge in [-0.15, -0.1) is 0 Å². The SMILES string of the molecule is O=C(OP)O[B]OC(=O)OP. The molecule has 1 radical (unpaired) electrons. The Balaban J connectivity index is 3.27. The van der Waals surface area contributed by atoms with Crippen LogP contribution in [-0.2, 0) is 18.4 Å². The minimum atomic E-state index is -1.02. The Hall–Kier alpha value is -0.535. The summed E-state index contributed by atoms with van der Waals surface area (Å²) >= 11 is 0. The van der Waals surface area contributed by atoms with Gasteiger partial charge in [-0.05, 0) is 0 Å².